The molecule has 2 aromatic heterocycles. The molecule has 0 fully saturated rings. The molecular weight excluding hydrogens is 262 g/mol. The molecule has 102 valence electrons. The van der Waals surface area contributed by atoms with Crippen LogP contribution >= 0.6 is 11.3 Å². The number of carbonyl (C=O) groups is 1. The van der Waals surface area contributed by atoms with E-state index < -0.39 is 0 Å². The summed E-state index contributed by atoms with van der Waals surface area (Å²) in [6, 6.07) is 1.82. The van der Waals surface area contributed by atoms with E-state index in [0.29, 0.717) is 25.3 Å². The van der Waals surface area contributed by atoms with Gasteiger partial charge in [-0.15, -0.1) is 0 Å². The number of hydrogen-bond acceptors (Lipinski definition) is 4. The molecule has 6 heteroatoms. The molecule has 2 heterocycles. The van der Waals surface area contributed by atoms with E-state index in [-0.39, 0.29) is 5.91 Å². The van der Waals surface area contributed by atoms with Crippen LogP contribution < -0.4 is 5.32 Å². The van der Waals surface area contributed by atoms with E-state index in [2.05, 4.69) is 14.9 Å². The highest BCUT2D eigenvalue weighted by molar-refractivity contribution is 7.08. The number of imidazole rings is 1. The first-order valence-corrected chi connectivity index (χ1v) is 6.97. The molecule has 2 aromatic rings. The Morgan fingerprint density at radius 1 is 1.58 bits per heavy atom. The first-order chi connectivity index (χ1) is 9.22. The van der Waals surface area contributed by atoms with Crippen LogP contribution in [0.15, 0.2) is 23.0 Å². The minimum Gasteiger partial charge on any atom is -0.377 e. The molecule has 2 rings (SSSR count). The van der Waals surface area contributed by atoms with Gasteiger partial charge in [-0.3, -0.25) is 4.79 Å². The Hall–Kier alpha value is -1.66. The number of rotatable bonds is 6. The SMILES string of the molecule is COCc1ncc(C)n1CCNC(=O)c1ccsc1. The third-order valence-electron chi connectivity index (χ3n) is 2.82. The zero-order chi connectivity index (χ0) is 13.7. The molecule has 0 radical (unpaired) electrons. The zero-order valence-corrected chi connectivity index (χ0v) is 11.9. The van der Waals surface area contributed by atoms with Crippen LogP contribution in [0.5, 0.6) is 0 Å². The molecule has 1 amide bonds. The second-order valence-electron chi connectivity index (χ2n) is 4.17. The van der Waals surface area contributed by atoms with Gasteiger partial charge in [-0.05, 0) is 18.4 Å². The van der Waals surface area contributed by atoms with Gasteiger partial charge >= 0.3 is 0 Å². The van der Waals surface area contributed by atoms with Crippen LogP contribution in [-0.4, -0.2) is 29.1 Å². The minimum absolute atomic E-state index is 0.0349. The average molecular weight is 279 g/mol. The third-order valence-corrected chi connectivity index (χ3v) is 3.50. The van der Waals surface area contributed by atoms with Gasteiger partial charge in [-0.25, -0.2) is 4.98 Å². The number of amides is 1. The number of ether oxygens (including phenoxy) is 1. The van der Waals surface area contributed by atoms with Crippen LogP contribution in [0.1, 0.15) is 21.9 Å². The van der Waals surface area contributed by atoms with Gasteiger partial charge in [-0.2, -0.15) is 11.3 Å². The lowest BCUT2D eigenvalue weighted by Crippen LogP contribution is -2.27. The second kappa shape index (κ2) is 6.49. The number of nitrogens with one attached hydrogen (secondary N) is 1. The summed E-state index contributed by atoms with van der Waals surface area (Å²) in [5.74, 6) is 0.845. The Bertz CT molecular complexity index is 534. The van der Waals surface area contributed by atoms with Crippen LogP contribution in [0.25, 0.3) is 0 Å². The van der Waals surface area contributed by atoms with Crippen molar-refractivity contribution in [1.29, 1.82) is 0 Å². The number of methoxy groups -OCH3 is 1. The maximum absolute atomic E-state index is 11.8. The minimum atomic E-state index is -0.0349. The summed E-state index contributed by atoms with van der Waals surface area (Å²) in [6.07, 6.45) is 1.81. The average Bonchev–Trinajstić information content (AvgIpc) is 3.03. The molecule has 0 aliphatic carbocycles. The van der Waals surface area contributed by atoms with Gasteiger partial charge in [0, 0.05) is 43.0 Å². The highest BCUT2D eigenvalue weighted by Gasteiger charge is 2.08. The summed E-state index contributed by atoms with van der Waals surface area (Å²) < 4.78 is 7.15. The molecule has 0 aliphatic heterocycles. The van der Waals surface area contributed by atoms with E-state index >= 15 is 0 Å². The number of aryl methyl sites for hydroxylation is 1. The van der Waals surface area contributed by atoms with E-state index in [0.717, 1.165) is 11.5 Å². The van der Waals surface area contributed by atoms with Crippen molar-refractivity contribution in [2.45, 2.75) is 20.1 Å². The standard InChI is InChI=1S/C13H17N3O2S/c1-10-7-15-12(8-18-2)16(10)5-4-14-13(17)11-3-6-19-9-11/h3,6-7,9H,4-5,8H2,1-2H3,(H,14,17). The van der Waals surface area contributed by atoms with Gasteiger partial charge in [0.15, 0.2) is 0 Å². The summed E-state index contributed by atoms with van der Waals surface area (Å²) >= 11 is 1.52. The monoisotopic (exact) mass is 279 g/mol. The topological polar surface area (TPSA) is 56.1 Å². The van der Waals surface area contributed by atoms with Gasteiger partial charge in [0.25, 0.3) is 5.91 Å². The Balaban J connectivity index is 1.89. The van der Waals surface area contributed by atoms with Crippen LogP contribution in [0.3, 0.4) is 0 Å². The van der Waals surface area contributed by atoms with Crippen molar-refractivity contribution in [3.63, 3.8) is 0 Å². The van der Waals surface area contributed by atoms with E-state index in [1.54, 1.807) is 7.11 Å². The fourth-order valence-corrected chi connectivity index (χ4v) is 2.47. The lowest BCUT2D eigenvalue weighted by Gasteiger charge is -2.10. The van der Waals surface area contributed by atoms with Crippen molar-refractivity contribution < 1.29 is 9.53 Å². The molecule has 19 heavy (non-hydrogen) atoms. The largest absolute Gasteiger partial charge is 0.377 e. The normalized spacial score (nSPS) is 10.6. The molecule has 0 unspecified atom stereocenters. The molecule has 0 saturated carbocycles. The van der Waals surface area contributed by atoms with Crippen LogP contribution in [0.4, 0.5) is 0 Å². The highest BCUT2D eigenvalue weighted by Crippen LogP contribution is 2.06. The zero-order valence-electron chi connectivity index (χ0n) is 11.0. The van der Waals surface area contributed by atoms with Crippen LogP contribution in [0, 0.1) is 6.92 Å². The first kappa shape index (κ1) is 13.8. The Labute approximate surface area is 116 Å². The van der Waals surface area contributed by atoms with Gasteiger partial charge in [0.05, 0.1) is 0 Å². The summed E-state index contributed by atoms with van der Waals surface area (Å²) in [5.41, 5.74) is 1.78. The lowest BCUT2D eigenvalue weighted by atomic mass is 10.3. The first-order valence-electron chi connectivity index (χ1n) is 6.02. The molecule has 5 nitrogen and oxygen atoms in total. The Morgan fingerprint density at radius 2 is 2.42 bits per heavy atom. The van der Waals surface area contributed by atoms with Crippen molar-refractivity contribution >= 4 is 17.2 Å². The smallest absolute Gasteiger partial charge is 0.252 e. The molecular formula is C13H17N3O2S. The fraction of sp³-hybridized carbons (Fsp3) is 0.385. The molecule has 0 saturated heterocycles. The molecule has 0 atom stereocenters. The van der Waals surface area contributed by atoms with E-state index in [1.807, 2.05) is 29.9 Å². The maximum atomic E-state index is 11.8. The number of aromatic nitrogens is 2. The molecule has 0 spiro atoms. The van der Waals surface area contributed by atoms with Gasteiger partial charge < -0.3 is 14.6 Å². The summed E-state index contributed by atoms with van der Waals surface area (Å²) in [5, 5.41) is 6.63. The predicted molar refractivity (Wildman–Crippen MR) is 74.3 cm³/mol. The van der Waals surface area contributed by atoms with Crippen LogP contribution in [0.2, 0.25) is 0 Å². The van der Waals surface area contributed by atoms with E-state index in [4.69, 9.17) is 4.74 Å². The van der Waals surface area contributed by atoms with Gasteiger partial charge in [0.2, 0.25) is 0 Å². The van der Waals surface area contributed by atoms with Gasteiger partial charge in [-0.1, -0.05) is 0 Å². The van der Waals surface area contributed by atoms with Crippen molar-refractivity contribution in [3.8, 4) is 0 Å². The predicted octanol–water partition coefficient (Wildman–Crippen LogP) is 1.83. The number of carbonyl (C=O) groups excluding carboxylic acids is 1. The van der Waals surface area contributed by atoms with Crippen molar-refractivity contribution in [2.24, 2.45) is 0 Å². The van der Waals surface area contributed by atoms with Crippen molar-refractivity contribution in [2.75, 3.05) is 13.7 Å². The summed E-state index contributed by atoms with van der Waals surface area (Å²) in [6.45, 7) is 3.74. The molecule has 0 aromatic carbocycles. The third kappa shape index (κ3) is 3.42. The quantitative estimate of drug-likeness (QED) is 0.877. The van der Waals surface area contributed by atoms with Gasteiger partial charge in [0.1, 0.15) is 12.4 Å². The van der Waals surface area contributed by atoms with E-state index in [9.17, 15) is 4.79 Å². The fourth-order valence-electron chi connectivity index (χ4n) is 1.84. The van der Waals surface area contributed by atoms with Crippen molar-refractivity contribution in [3.05, 3.63) is 40.1 Å². The summed E-state index contributed by atoms with van der Waals surface area (Å²) in [7, 11) is 1.65. The maximum Gasteiger partial charge on any atom is 0.252 e. The molecule has 1 N–H and O–H groups in total. The van der Waals surface area contributed by atoms with E-state index in [1.165, 1.54) is 11.3 Å². The number of hydrogen-bond donors (Lipinski definition) is 1. The lowest BCUT2D eigenvalue weighted by molar-refractivity contribution is 0.0952. The Kier molecular flexibility index (Phi) is 4.70. The Morgan fingerprint density at radius 3 is 3.11 bits per heavy atom. The summed E-state index contributed by atoms with van der Waals surface area (Å²) in [4.78, 5) is 16.1. The van der Waals surface area contributed by atoms with Crippen LogP contribution in [-0.2, 0) is 17.9 Å². The van der Waals surface area contributed by atoms with Crippen molar-refractivity contribution in [1.82, 2.24) is 14.9 Å². The molecule has 0 aliphatic rings. The molecule has 0 bridgehead atoms. The highest BCUT2D eigenvalue weighted by atomic mass is 32.1. The number of thiophene rings is 1. The second-order valence-corrected chi connectivity index (χ2v) is 4.95. The number of nitrogens with zero attached hydrogens (tertiary/aromatic N) is 2.